The van der Waals surface area contributed by atoms with Crippen LogP contribution in [0.25, 0.3) is 0 Å². The van der Waals surface area contributed by atoms with E-state index in [9.17, 15) is 4.79 Å². The fourth-order valence-electron chi connectivity index (χ4n) is 2.71. The third-order valence-corrected chi connectivity index (χ3v) is 5.24. The summed E-state index contributed by atoms with van der Waals surface area (Å²) < 4.78 is 5.20. The molecule has 116 valence electrons. The SMILES string of the molecule is COC1CC(NC(=O)c2sc(N3CCC(N)C3)nc2N)C1. The first-order valence-electron chi connectivity index (χ1n) is 7.17. The highest BCUT2D eigenvalue weighted by molar-refractivity contribution is 7.18. The summed E-state index contributed by atoms with van der Waals surface area (Å²) in [6, 6.07) is 0.348. The predicted octanol–water partition coefficient (Wildman–Crippen LogP) is 0.170. The van der Waals surface area contributed by atoms with Crippen LogP contribution in [0.1, 0.15) is 28.9 Å². The Morgan fingerprint density at radius 3 is 2.90 bits per heavy atom. The van der Waals surface area contributed by atoms with Crippen LogP contribution in [-0.2, 0) is 4.74 Å². The lowest BCUT2D eigenvalue weighted by Crippen LogP contribution is -2.47. The van der Waals surface area contributed by atoms with Crippen molar-refractivity contribution in [2.24, 2.45) is 5.73 Å². The predicted molar refractivity (Wildman–Crippen MR) is 82.6 cm³/mol. The van der Waals surface area contributed by atoms with E-state index in [-0.39, 0.29) is 24.1 Å². The lowest BCUT2D eigenvalue weighted by atomic mass is 9.89. The molecule has 0 radical (unpaired) electrons. The number of carbonyl (C=O) groups is 1. The van der Waals surface area contributed by atoms with Crippen LogP contribution in [0.2, 0.25) is 0 Å². The number of aromatic nitrogens is 1. The average molecular weight is 311 g/mol. The molecule has 1 unspecified atom stereocenters. The largest absolute Gasteiger partial charge is 0.382 e. The zero-order chi connectivity index (χ0) is 15.0. The molecule has 0 bridgehead atoms. The molecule has 7 nitrogen and oxygen atoms in total. The van der Waals surface area contributed by atoms with Crippen molar-refractivity contribution in [1.29, 1.82) is 0 Å². The number of rotatable bonds is 4. The molecule has 0 aromatic carbocycles. The highest BCUT2D eigenvalue weighted by atomic mass is 32.1. The van der Waals surface area contributed by atoms with Crippen LogP contribution in [0.15, 0.2) is 0 Å². The Hall–Kier alpha value is -1.38. The fraction of sp³-hybridized carbons (Fsp3) is 0.692. The quantitative estimate of drug-likeness (QED) is 0.732. The highest BCUT2D eigenvalue weighted by Crippen LogP contribution is 2.31. The van der Waals surface area contributed by atoms with Crippen LogP contribution in [0.3, 0.4) is 0 Å². The number of nitrogens with zero attached hydrogens (tertiary/aromatic N) is 2. The molecule has 1 amide bonds. The fourth-order valence-corrected chi connectivity index (χ4v) is 3.63. The van der Waals surface area contributed by atoms with E-state index in [4.69, 9.17) is 16.2 Å². The topological polar surface area (TPSA) is 106 Å². The summed E-state index contributed by atoms with van der Waals surface area (Å²) in [5.41, 5.74) is 11.8. The van der Waals surface area contributed by atoms with E-state index in [1.165, 1.54) is 11.3 Å². The van der Waals surface area contributed by atoms with E-state index in [0.29, 0.717) is 10.7 Å². The van der Waals surface area contributed by atoms with Crippen LogP contribution in [-0.4, -0.2) is 49.3 Å². The third kappa shape index (κ3) is 2.97. The molecule has 21 heavy (non-hydrogen) atoms. The Morgan fingerprint density at radius 1 is 1.52 bits per heavy atom. The van der Waals surface area contributed by atoms with Gasteiger partial charge in [-0.2, -0.15) is 0 Å². The summed E-state index contributed by atoms with van der Waals surface area (Å²) in [6.07, 6.45) is 2.92. The minimum absolute atomic E-state index is 0.140. The summed E-state index contributed by atoms with van der Waals surface area (Å²) in [5.74, 6) is 0.162. The van der Waals surface area contributed by atoms with Crippen LogP contribution >= 0.6 is 11.3 Å². The van der Waals surface area contributed by atoms with Crippen molar-refractivity contribution in [3.05, 3.63) is 4.88 Å². The number of ether oxygens (including phenoxy) is 1. The molecule has 1 saturated heterocycles. The lowest BCUT2D eigenvalue weighted by Gasteiger charge is -2.34. The van der Waals surface area contributed by atoms with E-state index in [0.717, 1.165) is 37.5 Å². The molecule has 0 spiro atoms. The minimum atomic E-state index is -0.140. The zero-order valence-corrected chi connectivity index (χ0v) is 12.9. The molecule has 1 atom stereocenters. The van der Waals surface area contributed by atoms with Gasteiger partial charge in [-0.25, -0.2) is 4.98 Å². The van der Waals surface area contributed by atoms with Gasteiger partial charge in [0.05, 0.1) is 6.10 Å². The molecule has 3 rings (SSSR count). The number of anilines is 2. The molecule has 2 heterocycles. The Bertz CT molecular complexity index is 529. The van der Waals surface area contributed by atoms with Gasteiger partial charge < -0.3 is 26.4 Å². The van der Waals surface area contributed by atoms with Crippen LogP contribution in [0.4, 0.5) is 10.9 Å². The molecule has 1 aliphatic heterocycles. The molecule has 1 aromatic heterocycles. The van der Waals surface area contributed by atoms with Gasteiger partial charge in [0.15, 0.2) is 5.13 Å². The van der Waals surface area contributed by atoms with Gasteiger partial charge in [-0.15, -0.1) is 0 Å². The Labute approximate surface area is 127 Å². The smallest absolute Gasteiger partial charge is 0.265 e. The van der Waals surface area contributed by atoms with Crippen molar-refractivity contribution in [2.45, 2.75) is 37.5 Å². The number of nitrogen functional groups attached to an aromatic ring is 1. The summed E-state index contributed by atoms with van der Waals surface area (Å²) in [5, 5.41) is 3.76. The first-order valence-corrected chi connectivity index (χ1v) is 7.99. The van der Waals surface area contributed by atoms with Crippen LogP contribution < -0.4 is 21.7 Å². The number of hydrogen-bond acceptors (Lipinski definition) is 7. The van der Waals surface area contributed by atoms with Crippen molar-refractivity contribution in [3.63, 3.8) is 0 Å². The van der Waals surface area contributed by atoms with Crippen LogP contribution in [0.5, 0.6) is 0 Å². The van der Waals surface area contributed by atoms with E-state index in [2.05, 4.69) is 15.2 Å². The third-order valence-electron chi connectivity index (χ3n) is 4.11. The normalized spacial score (nSPS) is 28.5. The average Bonchev–Trinajstić information content (AvgIpc) is 2.99. The van der Waals surface area contributed by atoms with Crippen LogP contribution in [0, 0.1) is 0 Å². The maximum Gasteiger partial charge on any atom is 0.265 e. The van der Waals surface area contributed by atoms with Gasteiger partial charge in [-0.1, -0.05) is 11.3 Å². The second-order valence-electron chi connectivity index (χ2n) is 5.71. The summed E-state index contributed by atoms with van der Waals surface area (Å²) in [7, 11) is 1.69. The maximum atomic E-state index is 12.3. The molecular formula is C13H21N5O2S. The van der Waals surface area contributed by atoms with Gasteiger partial charge in [0, 0.05) is 32.3 Å². The first kappa shape index (κ1) is 14.6. The number of nitrogens with one attached hydrogen (secondary N) is 1. The summed E-state index contributed by atoms with van der Waals surface area (Å²) in [6.45, 7) is 1.64. The zero-order valence-electron chi connectivity index (χ0n) is 12.0. The highest BCUT2D eigenvalue weighted by Gasteiger charge is 2.32. The number of methoxy groups -OCH3 is 1. The Balaban J connectivity index is 1.62. The number of nitrogens with two attached hydrogens (primary N) is 2. The van der Waals surface area contributed by atoms with Crippen molar-refractivity contribution in [1.82, 2.24) is 10.3 Å². The van der Waals surface area contributed by atoms with Crippen molar-refractivity contribution < 1.29 is 9.53 Å². The lowest BCUT2D eigenvalue weighted by molar-refractivity contribution is 0.0177. The van der Waals surface area contributed by atoms with E-state index in [1.54, 1.807) is 7.11 Å². The van der Waals surface area contributed by atoms with Gasteiger partial charge in [0.2, 0.25) is 0 Å². The summed E-state index contributed by atoms with van der Waals surface area (Å²) >= 11 is 1.34. The number of amides is 1. The molecule has 2 aliphatic rings. The van der Waals surface area contributed by atoms with E-state index >= 15 is 0 Å². The van der Waals surface area contributed by atoms with E-state index in [1.807, 2.05) is 0 Å². The summed E-state index contributed by atoms with van der Waals surface area (Å²) in [4.78, 5) is 19.1. The molecular weight excluding hydrogens is 290 g/mol. The Kier molecular flexibility index (Phi) is 4.01. The standard InChI is InChI=1S/C13H21N5O2S/c1-20-9-4-8(5-9)16-12(19)10-11(15)17-13(21-10)18-3-2-7(14)6-18/h7-9H,2-6,14-15H2,1H3,(H,16,19). The van der Waals surface area contributed by atoms with Gasteiger partial charge >= 0.3 is 0 Å². The van der Waals surface area contributed by atoms with Crippen molar-refractivity contribution in [2.75, 3.05) is 30.8 Å². The number of carbonyl (C=O) groups excluding carboxylic acids is 1. The minimum Gasteiger partial charge on any atom is -0.382 e. The molecule has 1 aliphatic carbocycles. The number of hydrogen-bond donors (Lipinski definition) is 3. The molecule has 8 heteroatoms. The van der Waals surface area contributed by atoms with Gasteiger partial charge in [0.1, 0.15) is 10.7 Å². The van der Waals surface area contributed by atoms with Gasteiger partial charge in [-0.3, -0.25) is 4.79 Å². The Morgan fingerprint density at radius 2 is 2.29 bits per heavy atom. The van der Waals surface area contributed by atoms with Gasteiger partial charge in [0.25, 0.3) is 5.91 Å². The molecule has 2 fully saturated rings. The molecule has 1 saturated carbocycles. The maximum absolute atomic E-state index is 12.3. The van der Waals surface area contributed by atoms with E-state index < -0.39 is 0 Å². The van der Waals surface area contributed by atoms with Crippen molar-refractivity contribution >= 4 is 28.2 Å². The molecule has 5 N–H and O–H groups in total. The first-order chi connectivity index (χ1) is 10.1. The monoisotopic (exact) mass is 311 g/mol. The number of thiazole rings is 1. The van der Waals surface area contributed by atoms with Gasteiger partial charge in [-0.05, 0) is 19.3 Å². The molecule has 1 aromatic rings. The second-order valence-corrected chi connectivity index (χ2v) is 6.68. The second kappa shape index (κ2) is 5.78. The van der Waals surface area contributed by atoms with Crippen molar-refractivity contribution in [3.8, 4) is 0 Å².